The standard InChI is InChI=1S/C44H64O5S8Si/c1-5-6-7-17-32-50-38-39(51-33-18-9-8-16-23-49-58(44(2,3)4,36-19-12-10-13-20-36)37-21-14-11-15-22-37)55-42(54-38)43-56-40-41(57-43)53-35-31-48-29-27-46-25-24-45-26-28-47-30-34-52-40/h10-15,19-22H,5-9,16-18,23-35H2,1-4H3. The molecule has 0 N–H and O–H groups in total. The van der Waals surface area contributed by atoms with Crippen molar-refractivity contribution >= 4 is 113 Å². The third kappa shape index (κ3) is 16.2. The minimum Gasteiger partial charge on any atom is -0.407 e. The van der Waals surface area contributed by atoms with Crippen molar-refractivity contribution in [3.05, 3.63) is 86.1 Å². The van der Waals surface area contributed by atoms with E-state index in [1.165, 1.54) is 86.5 Å². The molecular formula is C44H64O5S8Si. The number of ether oxygens (including phenoxy) is 4. The number of hydrogen-bond donors (Lipinski definition) is 0. The molecule has 0 spiro atoms. The number of rotatable bonds is 17. The second kappa shape index (κ2) is 28.3. The van der Waals surface area contributed by atoms with Crippen molar-refractivity contribution < 1.29 is 23.4 Å². The van der Waals surface area contributed by atoms with Crippen molar-refractivity contribution in [1.29, 1.82) is 0 Å². The molecule has 0 aliphatic carbocycles. The Morgan fingerprint density at radius 2 is 0.966 bits per heavy atom. The highest BCUT2D eigenvalue weighted by Gasteiger charge is 2.50. The van der Waals surface area contributed by atoms with Crippen LogP contribution in [-0.2, 0) is 23.4 Å². The van der Waals surface area contributed by atoms with E-state index in [9.17, 15) is 0 Å². The van der Waals surface area contributed by atoms with E-state index in [1.807, 2.05) is 70.6 Å². The van der Waals surface area contributed by atoms with Gasteiger partial charge in [0.05, 0.1) is 78.3 Å². The molecule has 58 heavy (non-hydrogen) atoms. The summed E-state index contributed by atoms with van der Waals surface area (Å²) >= 11 is 16.0. The SMILES string of the molecule is CCCCCCSC1=C(SCCCCCCO[Si](c2ccccc2)(c2ccccc2)C(C)(C)C)SC(=C2SC3=C(SCCOCCOCCOCCOCCS3)S2)S1. The summed E-state index contributed by atoms with van der Waals surface area (Å²) in [5.74, 6) is 4.26. The first-order valence-electron chi connectivity index (χ1n) is 20.9. The van der Waals surface area contributed by atoms with E-state index in [2.05, 4.69) is 112 Å². The molecule has 3 aliphatic heterocycles. The fourth-order valence-corrected chi connectivity index (χ4v) is 23.2. The van der Waals surface area contributed by atoms with Crippen molar-refractivity contribution in [3.63, 3.8) is 0 Å². The van der Waals surface area contributed by atoms with Crippen molar-refractivity contribution in [1.82, 2.24) is 0 Å². The molecule has 0 saturated heterocycles. The van der Waals surface area contributed by atoms with Gasteiger partial charge in [-0.25, -0.2) is 0 Å². The lowest BCUT2D eigenvalue weighted by Gasteiger charge is -2.43. The predicted molar refractivity (Wildman–Crippen MR) is 271 cm³/mol. The van der Waals surface area contributed by atoms with Crippen LogP contribution in [0.1, 0.15) is 79.1 Å². The summed E-state index contributed by atoms with van der Waals surface area (Å²) in [6.07, 6.45) is 10.0. The fourth-order valence-electron chi connectivity index (χ4n) is 6.62. The van der Waals surface area contributed by atoms with Crippen molar-refractivity contribution in [3.8, 4) is 0 Å². The molecule has 5 rings (SSSR count). The summed E-state index contributed by atoms with van der Waals surface area (Å²) in [6, 6.07) is 22.1. The van der Waals surface area contributed by atoms with Crippen LogP contribution >= 0.6 is 94.1 Å². The zero-order valence-corrected chi connectivity index (χ0v) is 42.5. The molecule has 5 nitrogen and oxygen atoms in total. The molecule has 0 amide bonds. The van der Waals surface area contributed by atoms with Gasteiger partial charge in [-0.2, -0.15) is 0 Å². The average Bonchev–Trinajstić information content (AvgIpc) is 3.83. The third-order valence-electron chi connectivity index (χ3n) is 9.52. The first kappa shape index (κ1) is 49.5. The predicted octanol–water partition coefficient (Wildman–Crippen LogP) is 13.1. The molecule has 0 fully saturated rings. The molecule has 3 aliphatic rings. The molecule has 0 unspecified atom stereocenters. The Balaban J connectivity index is 1.13. The molecular weight excluding hydrogens is 893 g/mol. The lowest BCUT2D eigenvalue weighted by Crippen LogP contribution is -2.66. The summed E-state index contributed by atoms with van der Waals surface area (Å²) in [5.41, 5.74) is 0. The highest BCUT2D eigenvalue weighted by Crippen LogP contribution is 2.66. The zero-order valence-electron chi connectivity index (χ0n) is 34.9. The summed E-state index contributed by atoms with van der Waals surface area (Å²) < 4.78 is 39.0. The van der Waals surface area contributed by atoms with Gasteiger partial charge in [0.15, 0.2) is 0 Å². The van der Waals surface area contributed by atoms with Crippen molar-refractivity contribution in [2.45, 2.75) is 84.1 Å². The summed E-state index contributed by atoms with van der Waals surface area (Å²) in [6.45, 7) is 15.3. The third-order valence-corrected chi connectivity index (χ3v) is 26.2. The average molecular weight is 958 g/mol. The van der Waals surface area contributed by atoms with E-state index >= 15 is 0 Å². The normalized spacial score (nSPS) is 18.8. The van der Waals surface area contributed by atoms with E-state index in [1.54, 1.807) is 0 Å². The van der Waals surface area contributed by atoms with Gasteiger partial charge in [0.1, 0.15) is 0 Å². The molecule has 0 atom stereocenters. The van der Waals surface area contributed by atoms with Crippen LogP contribution in [0.25, 0.3) is 0 Å². The van der Waals surface area contributed by atoms with E-state index in [4.69, 9.17) is 23.4 Å². The van der Waals surface area contributed by atoms with Crippen LogP contribution in [0.4, 0.5) is 0 Å². The van der Waals surface area contributed by atoms with Gasteiger partial charge < -0.3 is 23.4 Å². The van der Waals surface area contributed by atoms with E-state index < -0.39 is 8.32 Å². The molecule has 14 heteroatoms. The van der Waals surface area contributed by atoms with Crippen LogP contribution in [0.5, 0.6) is 0 Å². The van der Waals surface area contributed by atoms with E-state index in [0.29, 0.717) is 39.6 Å². The second-order valence-corrected chi connectivity index (χ2v) is 29.3. The zero-order chi connectivity index (χ0) is 40.7. The maximum atomic E-state index is 7.17. The Hall–Kier alpha value is 0.477. The molecule has 0 aromatic heterocycles. The Labute approximate surface area is 385 Å². The Bertz CT molecular complexity index is 1500. The Morgan fingerprint density at radius 3 is 1.43 bits per heavy atom. The van der Waals surface area contributed by atoms with Gasteiger partial charge in [0.25, 0.3) is 8.32 Å². The van der Waals surface area contributed by atoms with Crippen LogP contribution in [0, 0.1) is 0 Å². The van der Waals surface area contributed by atoms with Gasteiger partial charge in [0.2, 0.25) is 0 Å². The Morgan fingerprint density at radius 1 is 0.534 bits per heavy atom. The van der Waals surface area contributed by atoms with Gasteiger partial charge in [-0.15, -0.1) is 47.0 Å². The number of thioether (sulfide) groups is 8. The quantitative estimate of drug-likeness (QED) is 0.112. The number of unbranched alkanes of at least 4 members (excludes halogenated alkanes) is 6. The van der Waals surface area contributed by atoms with Crippen LogP contribution < -0.4 is 10.4 Å². The molecule has 0 bridgehead atoms. The molecule has 0 radical (unpaired) electrons. The lowest BCUT2D eigenvalue weighted by atomic mass is 10.2. The maximum Gasteiger partial charge on any atom is 0.261 e. The Kier molecular flexibility index (Phi) is 24.2. The highest BCUT2D eigenvalue weighted by molar-refractivity contribution is 8.45. The van der Waals surface area contributed by atoms with Gasteiger partial charge in [-0.05, 0) is 46.2 Å². The molecule has 2 aromatic carbocycles. The van der Waals surface area contributed by atoms with E-state index in [-0.39, 0.29) is 5.04 Å². The monoisotopic (exact) mass is 956 g/mol. The minimum absolute atomic E-state index is 0.0170. The van der Waals surface area contributed by atoms with Crippen LogP contribution in [-0.4, -0.2) is 90.8 Å². The molecule has 2 aromatic rings. The van der Waals surface area contributed by atoms with Crippen molar-refractivity contribution in [2.75, 3.05) is 82.5 Å². The number of benzene rings is 2. The highest BCUT2D eigenvalue weighted by atomic mass is 32.3. The summed E-state index contributed by atoms with van der Waals surface area (Å²) in [5, 5.41) is 2.74. The van der Waals surface area contributed by atoms with Crippen LogP contribution in [0.2, 0.25) is 5.04 Å². The minimum atomic E-state index is -2.47. The summed E-state index contributed by atoms with van der Waals surface area (Å²) in [7, 11) is -2.47. The fraction of sp³-hybridized carbons (Fsp3) is 0.591. The first-order valence-corrected chi connectivity index (χ1v) is 30.1. The van der Waals surface area contributed by atoms with Gasteiger partial charge in [0, 0.05) is 18.1 Å². The van der Waals surface area contributed by atoms with E-state index in [0.717, 1.165) is 43.5 Å². The first-order chi connectivity index (χ1) is 28.4. The largest absolute Gasteiger partial charge is 0.407 e. The molecule has 322 valence electrons. The molecule has 3 heterocycles. The topological polar surface area (TPSA) is 46.2 Å². The smallest absolute Gasteiger partial charge is 0.261 e. The van der Waals surface area contributed by atoms with Crippen molar-refractivity contribution in [2.24, 2.45) is 0 Å². The van der Waals surface area contributed by atoms with Crippen LogP contribution in [0.15, 0.2) is 86.1 Å². The van der Waals surface area contributed by atoms with Gasteiger partial charge in [-0.1, -0.05) is 168 Å². The lowest BCUT2D eigenvalue weighted by molar-refractivity contribution is 0.00147. The van der Waals surface area contributed by atoms with Crippen LogP contribution in [0.3, 0.4) is 0 Å². The second-order valence-electron chi connectivity index (χ2n) is 15.0. The molecule has 0 saturated carbocycles. The maximum absolute atomic E-state index is 7.17. The summed E-state index contributed by atoms with van der Waals surface area (Å²) in [4.78, 5) is 0. The van der Waals surface area contributed by atoms with Gasteiger partial charge >= 0.3 is 0 Å². The van der Waals surface area contributed by atoms with Gasteiger partial charge in [-0.3, -0.25) is 0 Å². The number of hydrogen-bond acceptors (Lipinski definition) is 13.